The highest BCUT2D eigenvalue weighted by molar-refractivity contribution is 6.44. The quantitative estimate of drug-likeness (QED) is 0.566. The van der Waals surface area contributed by atoms with Gasteiger partial charge in [-0.1, -0.05) is 29.3 Å². The first-order chi connectivity index (χ1) is 12.1. The van der Waals surface area contributed by atoms with Gasteiger partial charge in [0.25, 0.3) is 0 Å². The van der Waals surface area contributed by atoms with Crippen LogP contribution in [0.3, 0.4) is 0 Å². The van der Waals surface area contributed by atoms with Crippen molar-refractivity contribution < 1.29 is 14.4 Å². The Hall–Kier alpha value is -2.37. The van der Waals surface area contributed by atoms with Crippen molar-refractivity contribution in [1.29, 1.82) is 0 Å². The Morgan fingerprint density at radius 1 is 0.885 bits per heavy atom. The predicted molar refractivity (Wildman–Crippen MR) is 104 cm³/mol. The molecule has 0 unspecified atom stereocenters. The smallest absolute Gasteiger partial charge is 0.239 e. The standard InChI is InChI=1S/C19H18Cl2N2O3/c1-11(24)12-7-9-13(10-8-12)22-17(25)19(2,3)18(26)23-15-6-4-5-14(20)16(15)21/h4-10H,1-3H3,(H,22,25)(H,23,26). The van der Waals surface area contributed by atoms with E-state index in [1.807, 2.05) is 0 Å². The van der Waals surface area contributed by atoms with Gasteiger partial charge in [0.1, 0.15) is 5.41 Å². The molecule has 26 heavy (non-hydrogen) atoms. The summed E-state index contributed by atoms with van der Waals surface area (Å²) >= 11 is 12.0. The van der Waals surface area contributed by atoms with Gasteiger partial charge in [-0.15, -0.1) is 0 Å². The second-order valence-electron chi connectivity index (χ2n) is 6.27. The van der Waals surface area contributed by atoms with Gasteiger partial charge in [-0.2, -0.15) is 0 Å². The molecular formula is C19H18Cl2N2O3. The number of benzene rings is 2. The van der Waals surface area contributed by atoms with E-state index >= 15 is 0 Å². The van der Waals surface area contributed by atoms with Gasteiger partial charge >= 0.3 is 0 Å². The molecule has 0 aliphatic carbocycles. The second-order valence-corrected chi connectivity index (χ2v) is 7.05. The molecule has 0 spiro atoms. The molecule has 136 valence electrons. The largest absolute Gasteiger partial charge is 0.325 e. The van der Waals surface area contributed by atoms with Crippen LogP contribution in [-0.2, 0) is 9.59 Å². The maximum Gasteiger partial charge on any atom is 0.239 e. The van der Waals surface area contributed by atoms with Crippen LogP contribution in [0.15, 0.2) is 42.5 Å². The highest BCUT2D eigenvalue weighted by atomic mass is 35.5. The minimum Gasteiger partial charge on any atom is -0.325 e. The minimum absolute atomic E-state index is 0.0685. The average Bonchev–Trinajstić information content (AvgIpc) is 2.59. The van der Waals surface area contributed by atoms with E-state index in [9.17, 15) is 14.4 Å². The fourth-order valence-corrected chi connectivity index (χ4v) is 2.41. The van der Waals surface area contributed by atoms with Crippen LogP contribution in [0.2, 0.25) is 10.0 Å². The fourth-order valence-electron chi connectivity index (χ4n) is 2.06. The monoisotopic (exact) mass is 392 g/mol. The summed E-state index contributed by atoms with van der Waals surface area (Å²) < 4.78 is 0. The van der Waals surface area contributed by atoms with Crippen LogP contribution in [0.1, 0.15) is 31.1 Å². The van der Waals surface area contributed by atoms with E-state index in [1.165, 1.54) is 20.8 Å². The molecule has 0 radical (unpaired) electrons. The van der Waals surface area contributed by atoms with Gasteiger partial charge in [0.2, 0.25) is 11.8 Å². The van der Waals surface area contributed by atoms with E-state index in [4.69, 9.17) is 23.2 Å². The van der Waals surface area contributed by atoms with Crippen LogP contribution < -0.4 is 10.6 Å². The zero-order valence-corrected chi connectivity index (χ0v) is 16.0. The molecular weight excluding hydrogens is 375 g/mol. The Morgan fingerprint density at radius 2 is 1.46 bits per heavy atom. The van der Waals surface area contributed by atoms with Gasteiger partial charge in [-0.25, -0.2) is 0 Å². The molecule has 2 rings (SSSR count). The highest BCUT2D eigenvalue weighted by Gasteiger charge is 2.36. The zero-order valence-electron chi connectivity index (χ0n) is 14.5. The second kappa shape index (κ2) is 7.89. The maximum absolute atomic E-state index is 12.6. The topological polar surface area (TPSA) is 75.3 Å². The molecule has 0 saturated heterocycles. The summed E-state index contributed by atoms with van der Waals surface area (Å²) in [6, 6.07) is 11.3. The zero-order chi connectivity index (χ0) is 19.5. The number of ketones is 1. The molecule has 0 saturated carbocycles. The first-order valence-corrected chi connectivity index (χ1v) is 8.56. The van der Waals surface area contributed by atoms with Gasteiger partial charge in [0, 0.05) is 11.3 Å². The summed E-state index contributed by atoms with van der Waals surface area (Å²) in [6.07, 6.45) is 0. The van der Waals surface area contributed by atoms with Crippen molar-refractivity contribution in [2.45, 2.75) is 20.8 Å². The molecule has 0 aliphatic heterocycles. The van der Waals surface area contributed by atoms with Gasteiger partial charge in [-0.05, 0) is 57.2 Å². The number of halogens is 2. The van der Waals surface area contributed by atoms with E-state index in [0.29, 0.717) is 22.0 Å². The average molecular weight is 393 g/mol. The molecule has 2 amide bonds. The lowest BCUT2D eigenvalue weighted by Gasteiger charge is -2.23. The number of nitrogens with one attached hydrogen (secondary N) is 2. The van der Waals surface area contributed by atoms with E-state index in [-0.39, 0.29) is 10.8 Å². The number of Topliss-reactive ketones (excluding diaryl/α,β-unsaturated/α-hetero) is 1. The van der Waals surface area contributed by atoms with Crippen LogP contribution in [0.25, 0.3) is 0 Å². The predicted octanol–water partition coefficient (Wildman–Crippen LogP) is 4.80. The summed E-state index contributed by atoms with van der Waals surface area (Å²) in [4.78, 5) is 36.4. The minimum atomic E-state index is -1.37. The number of carbonyl (C=O) groups is 3. The first kappa shape index (κ1) is 19.9. The van der Waals surface area contributed by atoms with Crippen LogP contribution in [0, 0.1) is 5.41 Å². The van der Waals surface area contributed by atoms with Gasteiger partial charge < -0.3 is 10.6 Å². The molecule has 0 aliphatic rings. The van der Waals surface area contributed by atoms with Crippen molar-refractivity contribution in [3.05, 3.63) is 58.1 Å². The number of hydrogen-bond donors (Lipinski definition) is 2. The molecule has 0 aromatic heterocycles. The molecule has 0 heterocycles. The van der Waals surface area contributed by atoms with E-state index in [1.54, 1.807) is 42.5 Å². The van der Waals surface area contributed by atoms with Crippen LogP contribution >= 0.6 is 23.2 Å². The van der Waals surface area contributed by atoms with Crippen LogP contribution in [0.4, 0.5) is 11.4 Å². The van der Waals surface area contributed by atoms with Crippen molar-refractivity contribution in [3.63, 3.8) is 0 Å². The van der Waals surface area contributed by atoms with Crippen molar-refractivity contribution in [1.82, 2.24) is 0 Å². The third kappa shape index (κ3) is 4.42. The molecule has 0 bridgehead atoms. The molecule has 2 aromatic carbocycles. The van der Waals surface area contributed by atoms with E-state index < -0.39 is 17.2 Å². The first-order valence-electron chi connectivity index (χ1n) is 7.81. The van der Waals surface area contributed by atoms with E-state index in [2.05, 4.69) is 10.6 Å². The lowest BCUT2D eigenvalue weighted by molar-refractivity contribution is -0.135. The normalized spacial score (nSPS) is 11.0. The third-order valence-electron chi connectivity index (χ3n) is 3.88. The van der Waals surface area contributed by atoms with Crippen LogP contribution in [0.5, 0.6) is 0 Å². The molecule has 2 aromatic rings. The Kier molecular flexibility index (Phi) is 6.05. The lowest BCUT2D eigenvalue weighted by atomic mass is 9.90. The molecule has 7 heteroatoms. The number of carbonyl (C=O) groups excluding carboxylic acids is 3. The number of hydrogen-bond acceptors (Lipinski definition) is 3. The summed E-state index contributed by atoms with van der Waals surface area (Å²) in [5.74, 6) is -1.09. The van der Waals surface area contributed by atoms with E-state index in [0.717, 1.165) is 0 Å². The number of amides is 2. The summed E-state index contributed by atoms with van der Waals surface area (Å²) in [6.45, 7) is 4.46. The highest BCUT2D eigenvalue weighted by Crippen LogP contribution is 2.31. The molecule has 5 nitrogen and oxygen atoms in total. The lowest BCUT2D eigenvalue weighted by Crippen LogP contribution is -2.41. The van der Waals surface area contributed by atoms with Crippen LogP contribution in [-0.4, -0.2) is 17.6 Å². The summed E-state index contributed by atoms with van der Waals surface area (Å²) in [5.41, 5.74) is -0.0154. The molecule has 2 N–H and O–H groups in total. The van der Waals surface area contributed by atoms with Gasteiger partial charge in [0.15, 0.2) is 5.78 Å². The SMILES string of the molecule is CC(=O)c1ccc(NC(=O)C(C)(C)C(=O)Nc2cccc(Cl)c2Cl)cc1. The van der Waals surface area contributed by atoms with Crippen molar-refractivity contribution in [2.75, 3.05) is 10.6 Å². The Bertz CT molecular complexity index is 862. The van der Waals surface area contributed by atoms with Crippen molar-refractivity contribution >= 4 is 52.2 Å². The third-order valence-corrected chi connectivity index (χ3v) is 4.70. The number of anilines is 2. The number of rotatable bonds is 5. The van der Waals surface area contributed by atoms with Crippen molar-refractivity contribution in [3.8, 4) is 0 Å². The molecule has 0 fully saturated rings. The Morgan fingerprint density at radius 3 is 2.04 bits per heavy atom. The Balaban J connectivity index is 2.12. The molecule has 0 atom stereocenters. The fraction of sp³-hybridized carbons (Fsp3) is 0.211. The maximum atomic E-state index is 12.6. The Labute approximate surface area is 161 Å². The van der Waals surface area contributed by atoms with Gasteiger partial charge in [-0.3, -0.25) is 14.4 Å². The summed E-state index contributed by atoms with van der Waals surface area (Å²) in [7, 11) is 0. The summed E-state index contributed by atoms with van der Waals surface area (Å²) in [5, 5.41) is 5.80. The van der Waals surface area contributed by atoms with Crippen molar-refractivity contribution in [2.24, 2.45) is 5.41 Å². The van der Waals surface area contributed by atoms with Gasteiger partial charge in [0.05, 0.1) is 15.7 Å².